The van der Waals surface area contributed by atoms with Crippen LogP contribution >= 0.6 is 11.6 Å². The molecule has 1 N–H and O–H groups in total. The van der Waals surface area contributed by atoms with Crippen molar-refractivity contribution in [2.24, 2.45) is 7.05 Å². The second kappa shape index (κ2) is 4.19. The molecule has 0 amide bonds. The van der Waals surface area contributed by atoms with Crippen LogP contribution in [-0.2, 0) is 7.05 Å². The minimum atomic E-state index is 0.729. The molecular formula is C9H15ClN4. The van der Waals surface area contributed by atoms with Crippen LogP contribution in [0.5, 0.6) is 0 Å². The normalized spacial score (nSPS) is 18.3. The van der Waals surface area contributed by atoms with Crippen LogP contribution in [0.4, 0.5) is 5.69 Å². The molecule has 1 fully saturated rings. The molecule has 2 heterocycles. The van der Waals surface area contributed by atoms with Crippen LogP contribution in [0.15, 0.2) is 6.20 Å². The summed E-state index contributed by atoms with van der Waals surface area (Å²) in [7, 11) is 1.86. The molecule has 0 aromatic carbocycles. The van der Waals surface area contributed by atoms with Crippen molar-refractivity contribution in [3.05, 3.63) is 11.3 Å². The Kier molecular flexibility index (Phi) is 2.93. The van der Waals surface area contributed by atoms with Crippen molar-refractivity contribution in [1.82, 2.24) is 15.1 Å². The Balaban J connectivity index is 2.16. The van der Waals surface area contributed by atoms with Gasteiger partial charge < -0.3 is 10.2 Å². The van der Waals surface area contributed by atoms with Gasteiger partial charge in [-0.15, -0.1) is 0 Å². The van der Waals surface area contributed by atoms with Crippen LogP contribution < -0.4 is 10.2 Å². The van der Waals surface area contributed by atoms with Crippen molar-refractivity contribution < 1.29 is 0 Å². The summed E-state index contributed by atoms with van der Waals surface area (Å²) in [6, 6.07) is 0. The van der Waals surface area contributed by atoms with Gasteiger partial charge in [0.05, 0.1) is 11.9 Å². The summed E-state index contributed by atoms with van der Waals surface area (Å²) >= 11 is 6.13. The Hall–Kier alpha value is -0.740. The molecule has 1 aliphatic rings. The zero-order chi connectivity index (χ0) is 9.97. The summed E-state index contributed by atoms with van der Waals surface area (Å²) in [5.74, 6) is 0. The Morgan fingerprint density at radius 3 is 3.00 bits per heavy atom. The first-order chi connectivity index (χ1) is 6.79. The van der Waals surface area contributed by atoms with Gasteiger partial charge in [-0.05, 0) is 13.0 Å². The average molecular weight is 215 g/mol. The molecule has 1 aromatic heterocycles. The highest BCUT2D eigenvalue weighted by molar-refractivity contribution is 6.32. The predicted molar refractivity (Wildman–Crippen MR) is 57.9 cm³/mol. The molecule has 0 unspecified atom stereocenters. The number of halogens is 1. The Labute approximate surface area is 88.8 Å². The van der Waals surface area contributed by atoms with Crippen LogP contribution in [0.1, 0.15) is 6.42 Å². The van der Waals surface area contributed by atoms with Crippen LogP contribution in [0.25, 0.3) is 0 Å². The van der Waals surface area contributed by atoms with Crippen molar-refractivity contribution >= 4 is 17.3 Å². The number of hydrogen-bond acceptors (Lipinski definition) is 3. The maximum absolute atomic E-state index is 6.13. The molecule has 0 spiro atoms. The van der Waals surface area contributed by atoms with Gasteiger partial charge in [0.15, 0.2) is 0 Å². The lowest BCUT2D eigenvalue weighted by molar-refractivity contribution is 0.724. The van der Waals surface area contributed by atoms with E-state index in [0.717, 1.165) is 43.4 Å². The van der Waals surface area contributed by atoms with Crippen LogP contribution in [0.2, 0.25) is 5.15 Å². The molecule has 0 saturated carbocycles. The summed E-state index contributed by atoms with van der Waals surface area (Å²) in [5.41, 5.74) is 1.05. The van der Waals surface area contributed by atoms with E-state index in [4.69, 9.17) is 11.6 Å². The summed E-state index contributed by atoms with van der Waals surface area (Å²) in [4.78, 5) is 2.29. The summed E-state index contributed by atoms with van der Waals surface area (Å²) in [6.45, 7) is 4.17. The first kappa shape index (κ1) is 9.80. The molecule has 1 aliphatic heterocycles. The maximum Gasteiger partial charge on any atom is 0.150 e. The van der Waals surface area contributed by atoms with Gasteiger partial charge in [-0.3, -0.25) is 4.68 Å². The fraction of sp³-hybridized carbons (Fsp3) is 0.667. The van der Waals surface area contributed by atoms with Gasteiger partial charge in [-0.2, -0.15) is 5.10 Å². The monoisotopic (exact) mass is 214 g/mol. The minimum absolute atomic E-state index is 0.729. The highest BCUT2D eigenvalue weighted by atomic mass is 35.5. The number of aromatic nitrogens is 2. The van der Waals surface area contributed by atoms with Crippen molar-refractivity contribution in [2.45, 2.75) is 6.42 Å². The van der Waals surface area contributed by atoms with Crippen LogP contribution in [0, 0.1) is 0 Å². The zero-order valence-corrected chi connectivity index (χ0v) is 9.09. The van der Waals surface area contributed by atoms with E-state index in [1.807, 2.05) is 13.2 Å². The molecule has 1 saturated heterocycles. The van der Waals surface area contributed by atoms with E-state index in [2.05, 4.69) is 15.3 Å². The quantitative estimate of drug-likeness (QED) is 0.754. The number of hydrogen-bond donors (Lipinski definition) is 1. The molecule has 0 aliphatic carbocycles. The van der Waals surface area contributed by atoms with E-state index in [1.165, 1.54) is 0 Å². The summed E-state index contributed by atoms with van der Waals surface area (Å²) in [6.07, 6.45) is 3.00. The molecule has 4 nitrogen and oxygen atoms in total. The molecule has 14 heavy (non-hydrogen) atoms. The lowest BCUT2D eigenvalue weighted by atomic mass is 10.3. The number of nitrogens with zero attached hydrogens (tertiary/aromatic N) is 3. The third-order valence-electron chi connectivity index (χ3n) is 2.53. The summed E-state index contributed by atoms with van der Waals surface area (Å²) in [5, 5.41) is 8.23. The third kappa shape index (κ3) is 1.86. The Bertz CT molecular complexity index is 302. The maximum atomic E-state index is 6.13. The average Bonchev–Trinajstić information content (AvgIpc) is 2.47. The van der Waals surface area contributed by atoms with E-state index in [1.54, 1.807) is 4.68 Å². The molecule has 1 aromatic rings. The smallest absolute Gasteiger partial charge is 0.150 e. The van der Waals surface area contributed by atoms with E-state index in [0.29, 0.717) is 0 Å². The number of anilines is 1. The number of rotatable bonds is 1. The van der Waals surface area contributed by atoms with Gasteiger partial charge >= 0.3 is 0 Å². The highest BCUT2D eigenvalue weighted by Gasteiger charge is 2.15. The van der Waals surface area contributed by atoms with Crippen molar-refractivity contribution in [3.8, 4) is 0 Å². The topological polar surface area (TPSA) is 33.1 Å². The number of nitrogens with one attached hydrogen (secondary N) is 1. The van der Waals surface area contributed by atoms with Crippen molar-refractivity contribution in [1.29, 1.82) is 0 Å². The molecular weight excluding hydrogens is 200 g/mol. The molecule has 0 bridgehead atoms. The van der Waals surface area contributed by atoms with E-state index in [9.17, 15) is 0 Å². The largest absolute Gasteiger partial charge is 0.366 e. The number of aryl methyl sites for hydroxylation is 1. The standard InChI is InChI=1S/C9H15ClN4/c1-13-9(10)8(7-12-13)14-5-2-3-11-4-6-14/h7,11H,2-6H2,1H3. The first-order valence-electron chi connectivity index (χ1n) is 4.92. The molecule has 78 valence electrons. The van der Waals surface area contributed by atoms with Crippen molar-refractivity contribution in [2.75, 3.05) is 31.1 Å². The van der Waals surface area contributed by atoms with Gasteiger partial charge in [-0.25, -0.2) is 0 Å². The zero-order valence-electron chi connectivity index (χ0n) is 8.33. The van der Waals surface area contributed by atoms with Gasteiger partial charge in [0, 0.05) is 26.7 Å². The SMILES string of the molecule is Cn1ncc(N2CCCNCC2)c1Cl. The minimum Gasteiger partial charge on any atom is -0.366 e. The molecule has 2 rings (SSSR count). The van der Waals surface area contributed by atoms with Gasteiger partial charge in [0.25, 0.3) is 0 Å². The fourth-order valence-corrected chi connectivity index (χ4v) is 1.92. The third-order valence-corrected chi connectivity index (χ3v) is 2.97. The highest BCUT2D eigenvalue weighted by Crippen LogP contribution is 2.24. The first-order valence-corrected chi connectivity index (χ1v) is 5.30. The van der Waals surface area contributed by atoms with E-state index < -0.39 is 0 Å². The van der Waals surface area contributed by atoms with Gasteiger partial charge in [0.2, 0.25) is 0 Å². The van der Waals surface area contributed by atoms with Crippen LogP contribution in [0.3, 0.4) is 0 Å². The second-order valence-electron chi connectivity index (χ2n) is 3.53. The fourth-order valence-electron chi connectivity index (χ4n) is 1.71. The van der Waals surface area contributed by atoms with Crippen LogP contribution in [-0.4, -0.2) is 36.0 Å². The second-order valence-corrected chi connectivity index (χ2v) is 3.89. The summed E-state index contributed by atoms with van der Waals surface area (Å²) < 4.78 is 1.70. The Morgan fingerprint density at radius 1 is 1.43 bits per heavy atom. The van der Waals surface area contributed by atoms with Crippen molar-refractivity contribution in [3.63, 3.8) is 0 Å². The molecule has 0 atom stereocenters. The molecule has 5 heteroatoms. The lowest BCUT2D eigenvalue weighted by Crippen LogP contribution is -2.27. The Morgan fingerprint density at radius 2 is 2.29 bits per heavy atom. The lowest BCUT2D eigenvalue weighted by Gasteiger charge is -2.20. The van der Waals surface area contributed by atoms with Gasteiger partial charge in [0.1, 0.15) is 5.15 Å². The molecule has 0 radical (unpaired) electrons. The predicted octanol–water partition coefficient (Wildman–Crippen LogP) is 0.873. The van der Waals surface area contributed by atoms with E-state index >= 15 is 0 Å². The van der Waals surface area contributed by atoms with Gasteiger partial charge in [-0.1, -0.05) is 11.6 Å². The van der Waals surface area contributed by atoms with E-state index in [-0.39, 0.29) is 0 Å².